The molecule has 0 radical (unpaired) electrons. The third-order valence-corrected chi connectivity index (χ3v) is 4.39. The van der Waals surface area contributed by atoms with Gasteiger partial charge >= 0.3 is 0 Å². The molecule has 0 bridgehead atoms. The monoisotopic (exact) mass is 250 g/mol. The molecule has 0 amide bonds. The van der Waals surface area contributed by atoms with E-state index in [-0.39, 0.29) is 6.10 Å². The van der Waals surface area contributed by atoms with Gasteiger partial charge in [0.2, 0.25) is 0 Å². The molecule has 18 heavy (non-hydrogen) atoms. The highest BCUT2D eigenvalue weighted by molar-refractivity contribution is 4.99. The SMILES string of the molecule is CCCC1CCC(C(O)c2nccn2CC)CC1. The van der Waals surface area contributed by atoms with E-state index in [0.717, 1.165) is 31.1 Å². The first-order chi connectivity index (χ1) is 8.76. The lowest BCUT2D eigenvalue weighted by molar-refractivity contribution is 0.0625. The van der Waals surface area contributed by atoms with Crippen LogP contribution in [0.3, 0.4) is 0 Å². The summed E-state index contributed by atoms with van der Waals surface area (Å²) in [6, 6.07) is 0. The van der Waals surface area contributed by atoms with Gasteiger partial charge in [0.25, 0.3) is 0 Å². The van der Waals surface area contributed by atoms with Crippen LogP contribution in [-0.4, -0.2) is 14.7 Å². The van der Waals surface area contributed by atoms with Crippen molar-refractivity contribution in [2.45, 2.75) is 65.0 Å². The Kier molecular flexibility index (Phi) is 4.81. The third kappa shape index (κ3) is 2.94. The average Bonchev–Trinajstić information content (AvgIpc) is 2.87. The van der Waals surface area contributed by atoms with Crippen LogP contribution in [0.1, 0.15) is 64.3 Å². The van der Waals surface area contributed by atoms with E-state index in [1.807, 2.05) is 6.20 Å². The second kappa shape index (κ2) is 6.37. The number of aryl methyl sites for hydroxylation is 1. The van der Waals surface area contributed by atoms with Gasteiger partial charge in [0.15, 0.2) is 0 Å². The number of aromatic nitrogens is 2. The highest BCUT2D eigenvalue weighted by Crippen LogP contribution is 2.37. The summed E-state index contributed by atoms with van der Waals surface area (Å²) in [5.74, 6) is 2.16. The van der Waals surface area contributed by atoms with Crippen LogP contribution in [0.25, 0.3) is 0 Å². The summed E-state index contributed by atoms with van der Waals surface area (Å²) in [7, 11) is 0. The predicted octanol–water partition coefficient (Wildman–Crippen LogP) is 3.54. The maximum absolute atomic E-state index is 10.5. The molecule has 102 valence electrons. The zero-order valence-corrected chi connectivity index (χ0v) is 11.7. The standard InChI is InChI=1S/C15H26N2O/c1-3-5-12-6-8-13(9-7-12)14(18)15-16-10-11-17(15)4-2/h10-14,18H,3-9H2,1-2H3. The van der Waals surface area contributed by atoms with Gasteiger partial charge in [-0.2, -0.15) is 0 Å². The van der Waals surface area contributed by atoms with Crippen molar-refractivity contribution in [2.75, 3.05) is 0 Å². The number of imidazole rings is 1. The van der Waals surface area contributed by atoms with E-state index in [1.165, 1.54) is 25.7 Å². The van der Waals surface area contributed by atoms with Gasteiger partial charge in [0.05, 0.1) is 0 Å². The molecule has 0 spiro atoms. The number of hydrogen-bond donors (Lipinski definition) is 1. The molecule has 0 saturated heterocycles. The van der Waals surface area contributed by atoms with Gasteiger partial charge in [-0.3, -0.25) is 0 Å². The Bertz CT molecular complexity index is 353. The fourth-order valence-electron chi connectivity index (χ4n) is 3.27. The van der Waals surface area contributed by atoms with E-state index in [4.69, 9.17) is 0 Å². The average molecular weight is 250 g/mol. The van der Waals surface area contributed by atoms with Crippen LogP contribution in [0.5, 0.6) is 0 Å². The van der Waals surface area contributed by atoms with Gasteiger partial charge in [-0.1, -0.05) is 32.6 Å². The molecule has 1 fully saturated rings. The topological polar surface area (TPSA) is 38.1 Å². The normalized spacial score (nSPS) is 26.2. The molecular weight excluding hydrogens is 224 g/mol. The lowest BCUT2D eigenvalue weighted by Gasteiger charge is -2.31. The summed E-state index contributed by atoms with van der Waals surface area (Å²) < 4.78 is 2.06. The van der Waals surface area contributed by atoms with Crippen molar-refractivity contribution in [2.24, 2.45) is 11.8 Å². The maximum atomic E-state index is 10.5. The van der Waals surface area contributed by atoms with E-state index in [0.29, 0.717) is 5.92 Å². The fraction of sp³-hybridized carbons (Fsp3) is 0.800. The minimum Gasteiger partial charge on any atom is -0.385 e. The van der Waals surface area contributed by atoms with Crippen molar-refractivity contribution >= 4 is 0 Å². The molecule has 1 saturated carbocycles. The zero-order chi connectivity index (χ0) is 13.0. The smallest absolute Gasteiger partial charge is 0.137 e. The number of nitrogens with zero attached hydrogens (tertiary/aromatic N) is 2. The Morgan fingerprint density at radius 2 is 2.06 bits per heavy atom. The molecule has 1 N–H and O–H groups in total. The van der Waals surface area contributed by atoms with Crippen molar-refractivity contribution in [1.82, 2.24) is 9.55 Å². The Balaban J connectivity index is 1.93. The summed E-state index contributed by atoms with van der Waals surface area (Å²) in [5.41, 5.74) is 0. The Hall–Kier alpha value is -0.830. The van der Waals surface area contributed by atoms with E-state index in [9.17, 15) is 5.11 Å². The third-order valence-electron chi connectivity index (χ3n) is 4.39. The predicted molar refractivity (Wildman–Crippen MR) is 73.2 cm³/mol. The molecule has 1 aromatic rings. The van der Waals surface area contributed by atoms with Crippen LogP contribution in [0.15, 0.2) is 12.4 Å². The van der Waals surface area contributed by atoms with Gasteiger partial charge in [-0.05, 0) is 31.6 Å². The summed E-state index contributed by atoms with van der Waals surface area (Å²) in [6.45, 7) is 5.24. The quantitative estimate of drug-likeness (QED) is 0.868. The van der Waals surface area contributed by atoms with Crippen LogP contribution in [-0.2, 0) is 6.54 Å². The van der Waals surface area contributed by atoms with Gasteiger partial charge in [0, 0.05) is 18.9 Å². The lowest BCUT2D eigenvalue weighted by atomic mass is 9.77. The van der Waals surface area contributed by atoms with E-state index in [1.54, 1.807) is 6.20 Å². The Labute approximate surface area is 110 Å². The minimum atomic E-state index is -0.373. The highest BCUT2D eigenvalue weighted by Gasteiger charge is 2.29. The second-order valence-electron chi connectivity index (χ2n) is 5.59. The van der Waals surface area contributed by atoms with E-state index < -0.39 is 0 Å². The maximum Gasteiger partial charge on any atom is 0.137 e. The molecule has 1 unspecified atom stereocenters. The van der Waals surface area contributed by atoms with Crippen LogP contribution in [0.2, 0.25) is 0 Å². The number of hydrogen-bond acceptors (Lipinski definition) is 2. The van der Waals surface area contributed by atoms with Gasteiger partial charge < -0.3 is 9.67 Å². The van der Waals surface area contributed by atoms with Gasteiger partial charge in [0.1, 0.15) is 11.9 Å². The molecule has 1 atom stereocenters. The summed E-state index contributed by atoms with van der Waals surface area (Å²) in [6.07, 6.45) is 10.9. The molecule has 0 aromatic carbocycles. The molecule has 3 nitrogen and oxygen atoms in total. The first kappa shape index (κ1) is 13.6. The van der Waals surface area contributed by atoms with Crippen LogP contribution in [0, 0.1) is 11.8 Å². The van der Waals surface area contributed by atoms with E-state index in [2.05, 4.69) is 23.4 Å². The number of rotatable bonds is 5. The van der Waals surface area contributed by atoms with Crippen LogP contribution in [0.4, 0.5) is 0 Å². The zero-order valence-electron chi connectivity index (χ0n) is 11.7. The van der Waals surface area contributed by atoms with Gasteiger partial charge in [-0.15, -0.1) is 0 Å². The molecular formula is C15H26N2O. The Morgan fingerprint density at radius 3 is 2.67 bits per heavy atom. The molecule has 2 rings (SSSR count). The number of aliphatic hydroxyl groups is 1. The van der Waals surface area contributed by atoms with Crippen LogP contribution >= 0.6 is 0 Å². The van der Waals surface area contributed by atoms with Crippen molar-refractivity contribution in [1.29, 1.82) is 0 Å². The Morgan fingerprint density at radius 1 is 1.33 bits per heavy atom. The first-order valence-corrected chi connectivity index (χ1v) is 7.45. The highest BCUT2D eigenvalue weighted by atomic mass is 16.3. The lowest BCUT2D eigenvalue weighted by Crippen LogP contribution is -2.22. The summed E-state index contributed by atoms with van der Waals surface area (Å²) in [5, 5.41) is 10.5. The summed E-state index contributed by atoms with van der Waals surface area (Å²) in [4.78, 5) is 4.33. The molecule has 0 aliphatic heterocycles. The van der Waals surface area contributed by atoms with Crippen molar-refractivity contribution in [3.8, 4) is 0 Å². The number of aliphatic hydroxyl groups excluding tert-OH is 1. The first-order valence-electron chi connectivity index (χ1n) is 7.45. The molecule has 1 aliphatic carbocycles. The molecule has 3 heteroatoms. The van der Waals surface area contributed by atoms with E-state index >= 15 is 0 Å². The van der Waals surface area contributed by atoms with Crippen LogP contribution < -0.4 is 0 Å². The van der Waals surface area contributed by atoms with Gasteiger partial charge in [-0.25, -0.2) is 4.98 Å². The molecule has 1 aliphatic rings. The fourth-order valence-corrected chi connectivity index (χ4v) is 3.27. The van der Waals surface area contributed by atoms with Crippen molar-refractivity contribution in [3.05, 3.63) is 18.2 Å². The molecule has 1 aromatic heterocycles. The molecule has 1 heterocycles. The second-order valence-corrected chi connectivity index (χ2v) is 5.59. The largest absolute Gasteiger partial charge is 0.385 e. The van der Waals surface area contributed by atoms with Crippen molar-refractivity contribution < 1.29 is 5.11 Å². The van der Waals surface area contributed by atoms with Crippen molar-refractivity contribution in [3.63, 3.8) is 0 Å². The minimum absolute atomic E-state index is 0.373. The summed E-state index contributed by atoms with van der Waals surface area (Å²) >= 11 is 0.